The summed E-state index contributed by atoms with van der Waals surface area (Å²) in [6.07, 6.45) is 5.70. The van der Waals surface area contributed by atoms with Crippen molar-refractivity contribution < 1.29 is 0 Å². The van der Waals surface area contributed by atoms with Gasteiger partial charge < -0.3 is 24.5 Å². The van der Waals surface area contributed by atoms with Crippen molar-refractivity contribution in [1.29, 1.82) is 0 Å². The van der Waals surface area contributed by atoms with Crippen LogP contribution in [0.15, 0.2) is 150 Å². The van der Waals surface area contributed by atoms with E-state index in [-0.39, 0.29) is 17.2 Å². The van der Waals surface area contributed by atoms with E-state index in [1.54, 1.807) is 6.20 Å². The quantitative estimate of drug-likeness (QED) is 0.127. The van der Waals surface area contributed by atoms with Crippen LogP contribution in [0.3, 0.4) is 0 Å². The summed E-state index contributed by atoms with van der Waals surface area (Å²) in [5.74, 6) is 1.83. The lowest BCUT2D eigenvalue weighted by Gasteiger charge is -2.15. The van der Waals surface area contributed by atoms with Gasteiger partial charge in [0.25, 0.3) is 11.1 Å². The molecule has 11 nitrogen and oxygen atoms in total. The van der Waals surface area contributed by atoms with Gasteiger partial charge in [-0.3, -0.25) is 9.59 Å². The van der Waals surface area contributed by atoms with Gasteiger partial charge in [0.05, 0.1) is 22.2 Å². The van der Waals surface area contributed by atoms with Gasteiger partial charge in [0.2, 0.25) is 0 Å². The number of H-pyrrole nitrogens is 4. The van der Waals surface area contributed by atoms with E-state index in [4.69, 9.17) is 16.6 Å². The molecule has 0 aliphatic heterocycles. The summed E-state index contributed by atoms with van der Waals surface area (Å²) in [6, 6.07) is 39.5. The Bertz CT molecular complexity index is 3150. The van der Waals surface area contributed by atoms with Gasteiger partial charge >= 0.3 is 0 Å². The van der Waals surface area contributed by atoms with E-state index in [1.165, 1.54) is 5.56 Å². The highest BCUT2D eigenvalue weighted by Gasteiger charge is 2.18. The molecule has 0 saturated carbocycles. The summed E-state index contributed by atoms with van der Waals surface area (Å²) in [5, 5.41) is 2.67. The zero-order chi connectivity index (χ0) is 41.0. The number of aromatic amines is 4. The molecule has 10 rings (SSSR count). The fourth-order valence-electron chi connectivity index (χ4n) is 7.04. The molecule has 4 N–H and O–H groups in total. The highest BCUT2D eigenvalue weighted by Crippen LogP contribution is 2.28. The molecule has 1 atom stereocenters. The second kappa shape index (κ2) is 16.6. The van der Waals surface area contributed by atoms with Gasteiger partial charge in [-0.2, -0.15) is 0 Å². The molecule has 0 amide bonds. The van der Waals surface area contributed by atoms with Crippen LogP contribution in [0.4, 0.5) is 0 Å². The molecule has 1 unspecified atom stereocenters. The molecule has 6 aromatic heterocycles. The van der Waals surface area contributed by atoms with Crippen molar-refractivity contribution in [3.8, 4) is 34.2 Å². The third kappa shape index (κ3) is 7.96. The maximum absolute atomic E-state index is 12.7. The number of rotatable bonds is 5. The molecule has 0 fully saturated rings. The predicted molar refractivity (Wildman–Crippen MR) is 237 cm³/mol. The van der Waals surface area contributed by atoms with Crippen LogP contribution in [-0.4, -0.2) is 44.4 Å². The Morgan fingerprint density at radius 2 is 1.02 bits per heavy atom. The molecule has 0 spiro atoms. The Kier molecular flexibility index (Phi) is 10.8. The minimum Gasteiger partial charge on any atom is -0.346 e. The smallest absolute Gasteiger partial charge is 0.260 e. The van der Waals surface area contributed by atoms with Crippen molar-refractivity contribution >= 4 is 44.7 Å². The van der Waals surface area contributed by atoms with Crippen LogP contribution in [0.1, 0.15) is 35.2 Å². The average Bonchev–Trinajstić information content (AvgIpc) is 3.96. The summed E-state index contributed by atoms with van der Waals surface area (Å²) in [6.45, 7) is 7.95. The van der Waals surface area contributed by atoms with Gasteiger partial charge in [0.15, 0.2) is 5.82 Å². The van der Waals surface area contributed by atoms with Gasteiger partial charge in [-0.1, -0.05) is 133 Å². The summed E-state index contributed by atoms with van der Waals surface area (Å²) in [5.41, 5.74) is 8.78. The Morgan fingerprint density at radius 1 is 0.542 bits per heavy atom. The first-order chi connectivity index (χ1) is 28.7. The van der Waals surface area contributed by atoms with E-state index in [1.807, 2.05) is 142 Å². The third-order valence-electron chi connectivity index (χ3n) is 10.1. The number of nitrogens with zero attached hydrogens (tertiary/aromatic N) is 5. The Hall–Kier alpha value is -7.37. The monoisotopic (exact) mass is 797 g/mol. The maximum Gasteiger partial charge on any atom is 0.260 e. The fourth-order valence-corrected chi connectivity index (χ4v) is 7.35. The first-order valence-corrected chi connectivity index (χ1v) is 19.5. The lowest BCUT2D eigenvalue weighted by Crippen LogP contribution is -2.12. The first kappa shape index (κ1) is 38.5. The Morgan fingerprint density at radius 3 is 1.59 bits per heavy atom. The van der Waals surface area contributed by atoms with Gasteiger partial charge in [-0.15, -0.1) is 0 Å². The molecule has 292 valence electrons. The molecule has 4 aromatic carbocycles. The zero-order valence-electron chi connectivity index (χ0n) is 32.8. The van der Waals surface area contributed by atoms with Gasteiger partial charge in [-0.25, -0.2) is 19.9 Å². The van der Waals surface area contributed by atoms with Crippen molar-refractivity contribution in [3.63, 3.8) is 0 Å². The van der Waals surface area contributed by atoms with E-state index in [0.717, 1.165) is 50.1 Å². The predicted octanol–water partition coefficient (Wildman–Crippen LogP) is 10.1. The minimum absolute atomic E-state index is 0.0929. The number of nitrogens with one attached hydrogen (secondary N) is 4. The number of hydrogen-bond donors (Lipinski definition) is 4. The molecular formula is C47H40ClN9O2. The molecule has 6 heterocycles. The Labute approximate surface area is 343 Å². The van der Waals surface area contributed by atoms with Crippen LogP contribution < -0.4 is 11.1 Å². The summed E-state index contributed by atoms with van der Waals surface area (Å²) in [7, 11) is 0. The van der Waals surface area contributed by atoms with E-state index < -0.39 is 0 Å². The van der Waals surface area contributed by atoms with Crippen LogP contribution in [0.25, 0.3) is 67.3 Å². The van der Waals surface area contributed by atoms with E-state index >= 15 is 0 Å². The van der Waals surface area contributed by atoms with E-state index in [9.17, 15) is 9.59 Å². The number of benzene rings is 4. The second-order valence-corrected chi connectivity index (χ2v) is 14.5. The van der Waals surface area contributed by atoms with Crippen LogP contribution in [-0.2, 0) is 0 Å². The van der Waals surface area contributed by atoms with Crippen LogP contribution >= 0.6 is 11.6 Å². The molecular weight excluding hydrogens is 758 g/mol. The number of aromatic nitrogens is 9. The molecule has 0 saturated heterocycles. The highest BCUT2D eigenvalue weighted by atomic mass is 35.5. The molecule has 12 heteroatoms. The van der Waals surface area contributed by atoms with E-state index in [0.29, 0.717) is 39.0 Å². The lowest BCUT2D eigenvalue weighted by molar-refractivity contribution is 0.657. The van der Waals surface area contributed by atoms with Crippen molar-refractivity contribution in [1.82, 2.24) is 44.4 Å². The minimum atomic E-state index is -0.104. The number of hydrogen-bond acceptors (Lipinski definition) is 6. The van der Waals surface area contributed by atoms with Gasteiger partial charge in [0, 0.05) is 35.3 Å². The molecule has 0 bridgehead atoms. The zero-order valence-corrected chi connectivity index (χ0v) is 33.5. The van der Waals surface area contributed by atoms with Crippen molar-refractivity contribution in [2.45, 2.75) is 33.7 Å². The highest BCUT2D eigenvalue weighted by molar-refractivity contribution is 6.34. The summed E-state index contributed by atoms with van der Waals surface area (Å²) < 4.78 is 2.08. The van der Waals surface area contributed by atoms with Gasteiger partial charge in [-0.05, 0) is 49.9 Å². The first-order valence-electron chi connectivity index (χ1n) is 19.1. The molecule has 0 aliphatic carbocycles. The van der Waals surface area contributed by atoms with Crippen LogP contribution in [0, 0.1) is 20.8 Å². The molecule has 0 radical (unpaired) electrons. The third-order valence-corrected chi connectivity index (χ3v) is 10.4. The maximum atomic E-state index is 12.7. The lowest BCUT2D eigenvalue weighted by atomic mass is 10.1. The van der Waals surface area contributed by atoms with Crippen molar-refractivity contribution in [2.75, 3.05) is 0 Å². The average molecular weight is 798 g/mol. The molecule has 0 aliphatic rings. The summed E-state index contributed by atoms with van der Waals surface area (Å²) in [4.78, 5) is 54.4. The van der Waals surface area contributed by atoms with Crippen molar-refractivity contribution in [2.24, 2.45) is 0 Å². The fraction of sp³-hybridized carbons (Fsp3) is 0.106. The standard InChI is InChI=1S/C21H19N3O.C13H10ClN3.C13H11N3O/c1-14-13-24(15(2)16-9-5-3-6-10-16)20-18(14)21(25)23-19(22-20)17-11-7-4-8-12-17;1-8-7-15-13-10(8)11(14)16-12(17-13)9-5-3-2-4-6-9;1-8-7-14-12-10(8)13(17)16-11(15-12)9-5-3-2-4-6-9/h3-13,15H,1-2H3,(H,22,23,25);2-7H,1H3,(H,15,16,17);2-7H,1H3,(H2,14,15,16,17). The topological polar surface area (TPSA) is 154 Å². The Balaban J connectivity index is 0.000000127. The summed E-state index contributed by atoms with van der Waals surface area (Å²) >= 11 is 6.19. The largest absolute Gasteiger partial charge is 0.346 e. The SMILES string of the molecule is Cc1c[nH]c2nc(-c3ccccc3)[nH]c(=O)c12.Cc1c[nH]c2nc(-c3ccccc3)nc(Cl)c12.Cc1cn(C(C)c2ccccc2)c2nc(-c3ccccc3)[nH]c(=O)c12. The number of fused-ring (bicyclic) bond motifs is 3. The van der Waals surface area contributed by atoms with Crippen molar-refractivity contribution in [3.05, 3.63) is 188 Å². The number of aryl methyl sites for hydroxylation is 3. The van der Waals surface area contributed by atoms with E-state index in [2.05, 4.69) is 58.5 Å². The molecule has 10 aromatic rings. The van der Waals surface area contributed by atoms with Crippen LogP contribution in [0.5, 0.6) is 0 Å². The molecule has 59 heavy (non-hydrogen) atoms. The second-order valence-electron chi connectivity index (χ2n) is 14.2. The van der Waals surface area contributed by atoms with Gasteiger partial charge in [0.1, 0.15) is 33.7 Å². The van der Waals surface area contributed by atoms with Crippen LogP contribution in [0.2, 0.25) is 5.15 Å². The normalized spacial score (nSPS) is 11.5. The number of halogens is 1.